The van der Waals surface area contributed by atoms with E-state index in [4.69, 9.17) is 9.52 Å². The second kappa shape index (κ2) is 6.93. The van der Waals surface area contributed by atoms with Gasteiger partial charge >= 0.3 is 5.97 Å². The Morgan fingerprint density at radius 2 is 1.91 bits per heavy atom. The van der Waals surface area contributed by atoms with Gasteiger partial charge < -0.3 is 14.4 Å². The first-order valence-electron chi connectivity index (χ1n) is 7.09. The van der Waals surface area contributed by atoms with Crippen molar-refractivity contribution in [1.29, 1.82) is 0 Å². The zero-order valence-corrected chi connectivity index (χ0v) is 12.7. The van der Waals surface area contributed by atoms with Crippen LogP contribution < -0.4 is 0 Å². The summed E-state index contributed by atoms with van der Waals surface area (Å²) in [5, 5.41) is 9.11. The van der Waals surface area contributed by atoms with Crippen LogP contribution in [0.2, 0.25) is 0 Å². The van der Waals surface area contributed by atoms with Gasteiger partial charge in [-0.3, -0.25) is 9.59 Å². The quantitative estimate of drug-likeness (QED) is 0.890. The second-order valence-electron chi connectivity index (χ2n) is 5.30. The van der Waals surface area contributed by atoms with Crippen LogP contribution in [0, 0.1) is 12.8 Å². The largest absolute Gasteiger partial charge is 0.481 e. The van der Waals surface area contributed by atoms with Gasteiger partial charge in [-0.05, 0) is 18.6 Å². The van der Waals surface area contributed by atoms with Crippen LogP contribution in [0.15, 0.2) is 47.1 Å². The summed E-state index contributed by atoms with van der Waals surface area (Å²) in [6, 6.07) is 11.1. The van der Waals surface area contributed by atoms with Crippen molar-refractivity contribution >= 4 is 11.9 Å². The molecule has 1 N–H and O–H groups in total. The van der Waals surface area contributed by atoms with Crippen LogP contribution >= 0.6 is 0 Å². The summed E-state index contributed by atoms with van der Waals surface area (Å²) in [4.78, 5) is 25.3. The van der Waals surface area contributed by atoms with Gasteiger partial charge in [-0.1, -0.05) is 37.3 Å². The van der Waals surface area contributed by atoms with E-state index in [1.54, 1.807) is 24.8 Å². The van der Waals surface area contributed by atoms with Crippen molar-refractivity contribution in [3.05, 3.63) is 59.5 Å². The molecule has 1 unspecified atom stereocenters. The van der Waals surface area contributed by atoms with Gasteiger partial charge in [0.1, 0.15) is 5.76 Å². The summed E-state index contributed by atoms with van der Waals surface area (Å²) in [5.41, 5.74) is 1.42. The third kappa shape index (κ3) is 3.75. The minimum atomic E-state index is -0.922. The SMILES string of the molecule is Cc1occc1C(=O)N(Cc1ccccc1)CC(C)C(=O)O. The molecule has 0 fully saturated rings. The van der Waals surface area contributed by atoms with Crippen molar-refractivity contribution in [3.8, 4) is 0 Å². The van der Waals surface area contributed by atoms with Gasteiger partial charge in [0.05, 0.1) is 17.7 Å². The summed E-state index contributed by atoms with van der Waals surface area (Å²) in [6.07, 6.45) is 1.46. The van der Waals surface area contributed by atoms with Crippen LogP contribution in [0.3, 0.4) is 0 Å². The van der Waals surface area contributed by atoms with Gasteiger partial charge in [0.15, 0.2) is 0 Å². The normalized spacial score (nSPS) is 11.9. The van der Waals surface area contributed by atoms with Crippen molar-refractivity contribution in [1.82, 2.24) is 4.90 Å². The van der Waals surface area contributed by atoms with E-state index in [2.05, 4.69) is 0 Å². The molecule has 0 spiro atoms. The van der Waals surface area contributed by atoms with Crippen molar-refractivity contribution in [2.24, 2.45) is 5.92 Å². The van der Waals surface area contributed by atoms with Gasteiger partial charge in [0.2, 0.25) is 0 Å². The number of benzene rings is 1. The first-order valence-corrected chi connectivity index (χ1v) is 7.09. The molecule has 0 radical (unpaired) electrons. The van der Waals surface area contributed by atoms with E-state index in [0.29, 0.717) is 17.9 Å². The first-order chi connectivity index (χ1) is 10.5. The number of aryl methyl sites for hydroxylation is 1. The van der Waals surface area contributed by atoms with E-state index in [0.717, 1.165) is 5.56 Å². The Kier molecular flexibility index (Phi) is 4.99. The Hall–Kier alpha value is -2.56. The lowest BCUT2D eigenvalue weighted by atomic mass is 10.1. The predicted octanol–water partition coefficient (Wildman–Crippen LogP) is 2.95. The van der Waals surface area contributed by atoms with Gasteiger partial charge in [-0.2, -0.15) is 0 Å². The molecule has 2 aromatic rings. The molecule has 0 bridgehead atoms. The number of carbonyl (C=O) groups excluding carboxylic acids is 1. The van der Waals surface area contributed by atoms with Crippen molar-refractivity contribution < 1.29 is 19.1 Å². The van der Waals surface area contributed by atoms with E-state index >= 15 is 0 Å². The molecule has 2 rings (SSSR count). The van der Waals surface area contributed by atoms with Crippen LogP contribution in [0.4, 0.5) is 0 Å². The molecule has 0 aliphatic rings. The number of carboxylic acids is 1. The highest BCUT2D eigenvalue weighted by atomic mass is 16.4. The molecular formula is C17H19NO4. The number of furan rings is 1. The van der Waals surface area contributed by atoms with Crippen molar-refractivity contribution in [2.75, 3.05) is 6.54 Å². The minimum absolute atomic E-state index is 0.147. The number of aliphatic carboxylic acids is 1. The van der Waals surface area contributed by atoms with Gasteiger partial charge in [-0.25, -0.2) is 0 Å². The highest BCUT2D eigenvalue weighted by molar-refractivity contribution is 5.95. The van der Waals surface area contributed by atoms with Crippen LogP contribution in [-0.4, -0.2) is 28.4 Å². The number of hydrogen-bond acceptors (Lipinski definition) is 3. The van der Waals surface area contributed by atoms with Crippen LogP contribution in [0.5, 0.6) is 0 Å². The number of rotatable bonds is 6. The summed E-state index contributed by atoms with van der Waals surface area (Å²) < 4.78 is 5.17. The molecule has 0 saturated heterocycles. The molecule has 1 aromatic heterocycles. The molecular weight excluding hydrogens is 282 g/mol. The highest BCUT2D eigenvalue weighted by Gasteiger charge is 2.23. The number of nitrogens with zero attached hydrogens (tertiary/aromatic N) is 1. The predicted molar refractivity (Wildman–Crippen MR) is 81.4 cm³/mol. The maximum absolute atomic E-state index is 12.7. The van der Waals surface area contributed by atoms with Crippen LogP contribution in [0.25, 0.3) is 0 Å². The van der Waals surface area contributed by atoms with E-state index in [9.17, 15) is 9.59 Å². The average molecular weight is 301 g/mol. The maximum Gasteiger partial charge on any atom is 0.308 e. The summed E-state index contributed by atoms with van der Waals surface area (Å²) in [6.45, 7) is 3.82. The van der Waals surface area contributed by atoms with E-state index in [1.807, 2.05) is 30.3 Å². The second-order valence-corrected chi connectivity index (χ2v) is 5.30. The zero-order valence-electron chi connectivity index (χ0n) is 12.7. The number of hydrogen-bond donors (Lipinski definition) is 1. The van der Waals surface area contributed by atoms with Gasteiger partial charge in [0, 0.05) is 13.1 Å². The lowest BCUT2D eigenvalue weighted by Crippen LogP contribution is -2.36. The third-order valence-electron chi connectivity index (χ3n) is 3.51. The maximum atomic E-state index is 12.7. The van der Waals surface area contributed by atoms with Crippen LogP contribution in [0.1, 0.15) is 28.6 Å². The standard InChI is InChI=1S/C17H19NO4/c1-12(17(20)21)10-18(11-14-6-4-3-5-7-14)16(19)15-8-9-22-13(15)2/h3-9,12H,10-11H2,1-2H3,(H,20,21). The minimum Gasteiger partial charge on any atom is -0.481 e. The molecule has 5 heteroatoms. The summed E-state index contributed by atoms with van der Waals surface area (Å²) in [5.74, 6) is -1.25. The Balaban J connectivity index is 2.23. The van der Waals surface area contributed by atoms with E-state index < -0.39 is 11.9 Å². The third-order valence-corrected chi connectivity index (χ3v) is 3.51. The summed E-state index contributed by atoms with van der Waals surface area (Å²) >= 11 is 0. The van der Waals surface area contributed by atoms with Crippen LogP contribution in [-0.2, 0) is 11.3 Å². The summed E-state index contributed by atoms with van der Waals surface area (Å²) in [7, 11) is 0. The van der Waals surface area contributed by atoms with Gasteiger partial charge in [0.25, 0.3) is 5.91 Å². The number of carbonyl (C=O) groups is 2. The molecule has 1 amide bonds. The lowest BCUT2D eigenvalue weighted by molar-refractivity contribution is -0.141. The highest BCUT2D eigenvalue weighted by Crippen LogP contribution is 2.16. The first kappa shape index (κ1) is 15.8. The van der Waals surface area contributed by atoms with Crippen molar-refractivity contribution in [3.63, 3.8) is 0 Å². The fourth-order valence-corrected chi connectivity index (χ4v) is 2.21. The van der Waals surface area contributed by atoms with Crippen molar-refractivity contribution in [2.45, 2.75) is 20.4 Å². The lowest BCUT2D eigenvalue weighted by Gasteiger charge is -2.24. The fraction of sp³-hybridized carbons (Fsp3) is 0.294. The molecule has 22 heavy (non-hydrogen) atoms. The zero-order chi connectivity index (χ0) is 16.1. The molecule has 0 aliphatic carbocycles. The molecule has 0 saturated carbocycles. The molecule has 116 valence electrons. The molecule has 5 nitrogen and oxygen atoms in total. The van der Waals surface area contributed by atoms with Gasteiger partial charge in [-0.15, -0.1) is 0 Å². The smallest absolute Gasteiger partial charge is 0.308 e. The molecule has 1 aromatic carbocycles. The Morgan fingerprint density at radius 1 is 1.23 bits per heavy atom. The average Bonchev–Trinajstić information content (AvgIpc) is 2.92. The molecule has 0 aliphatic heterocycles. The Labute approximate surface area is 129 Å². The molecule has 1 heterocycles. The Morgan fingerprint density at radius 3 is 2.45 bits per heavy atom. The number of carboxylic acid groups (broad SMARTS) is 1. The number of amides is 1. The van der Waals surface area contributed by atoms with E-state index in [1.165, 1.54) is 6.26 Å². The topological polar surface area (TPSA) is 70.8 Å². The monoisotopic (exact) mass is 301 g/mol. The Bertz CT molecular complexity index is 648. The van der Waals surface area contributed by atoms with E-state index in [-0.39, 0.29) is 12.5 Å². The fourth-order valence-electron chi connectivity index (χ4n) is 2.21. The molecule has 1 atom stereocenters.